The van der Waals surface area contributed by atoms with E-state index >= 15 is 0 Å². The summed E-state index contributed by atoms with van der Waals surface area (Å²) in [5.41, 5.74) is 5.38. The molecule has 0 aliphatic carbocycles. The smallest absolute Gasteiger partial charge is 0.0497 e. The molecular weight excluding hydrogens is 390 g/mol. The third-order valence-electron chi connectivity index (χ3n) is 5.71. The molecule has 0 saturated carbocycles. The molecule has 0 aliphatic heterocycles. The van der Waals surface area contributed by atoms with Gasteiger partial charge in [0.25, 0.3) is 0 Å². The summed E-state index contributed by atoms with van der Waals surface area (Å²) >= 11 is 3.63. The molecule has 5 rings (SSSR count). The number of aromatic nitrogens is 1. The SMILES string of the molecule is CCCCCCn1c2cc(-c3cccs3)ccc2c2ccc(-c3cccs3)cc21. The fourth-order valence-corrected chi connectivity index (χ4v) is 5.67. The van der Waals surface area contributed by atoms with Gasteiger partial charge in [-0.15, -0.1) is 22.7 Å². The first kappa shape index (κ1) is 18.7. The second kappa shape index (κ2) is 8.17. The van der Waals surface area contributed by atoms with Crippen molar-refractivity contribution in [2.24, 2.45) is 0 Å². The molecule has 1 nitrogen and oxygen atoms in total. The first-order valence-electron chi connectivity index (χ1n) is 10.5. The molecule has 0 fully saturated rings. The van der Waals surface area contributed by atoms with Crippen LogP contribution in [0.5, 0.6) is 0 Å². The third kappa shape index (κ3) is 3.54. The van der Waals surface area contributed by atoms with Crippen LogP contribution in [-0.4, -0.2) is 4.57 Å². The zero-order chi connectivity index (χ0) is 19.6. The van der Waals surface area contributed by atoms with Gasteiger partial charge >= 0.3 is 0 Å². The van der Waals surface area contributed by atoms with Crippen molar-refractivity contribution in [1.29, 1.82) is 0 Å². The van der Waals surface area contributed by atoms with E-state index in [-0.39, 0.29) is 0 Å². The predicted octanol–water partition coefficient (Wildman–Crippen LogP) is 8.83. The summed E-state index contributed by atoms with van der Waals surface area (Å²) in [6.45, 7) is 3.36. The first-order valence-corrected chi connectivity index (χ1v) is 12.2. The van der Waals surface area contributed by atoms with E-state index < -0.39 is 0 Å². The molecule has 0 aliphatic rings. The van der Waals surface area contributed by atoms with Crippen LogP contribution in [0.15, 0.2) is 71.4 Å². The van der Waals surface area contributed by atoms with Gasteiger partial charge in [-0.25, -0.2) is 0 Å². The van der Waals surface area contributed by atoms with Gasteiger partial charge in [0.1, 0.15) is 0 Å². The minimum Gasteiger partial charge on any atom is -0.340 e. The Bertz CT molecular complexity index is 1140. The number of benzene rings is 2. The maximum absolute atomic E-state index is 2.56. The molecule has 0 amide bonds. The highest BCUT2D eigenvalue weighted by atomic mass is 32.1. The number of aryl methyl sites for hydroxylation is 1. The average molecular weight is 416 g/mol. The number of rotatable bonds is 7. The van der Waals surface area contributed by atoms with Crippen LogP contribution in [0.4, 0.5) is 0 Å². The van der Waals surface area contributed by atoms with Gasteiger partial charge in [-0.3, -0.25) is 0 Å². The monoisotopic (exact) mass is 415 g/mol. The standard InChI is InChI=1S/C26H25NS2/c1-2-3-4-5-14-27-23-17-19(25-8-6-15-28-25)10-12-21(23)22-13-11-20(18-24(22)27)26-9-7-16-29-26/h6-13,15-18H,2-5,14H2,1H3. The minimum atomic E-state index is 1.09. The Kier molecular flexibility index (Phi) is 5.26. The van der Waals surface area contributed by atoms with E-state index in [0.717, 1.165) is 6.54 Å². The molecular formula is C26H25NS2. The van der Waals surface area contributed by atoms with E-state index in [1.54, 1.807) is 0 Å². The fraction of sp³-hybridized carbons (Fsp3) is 0.231. The lowest BCUT2D eigenvalue weighted by Crippen LogP contribution is -1.98. The summed E-state index contributed by atoms with van der Waals surface area (Å²) in [6, 6.07) is 22.7. The number of hydrogen-bond donors (Lipinski definition) is 0. The quantitative estimate of drug-likeness (QED) is 0.234. The van der Waals surface area contributed by atoms with Crippen LogP contribution in [-0.2, 0) is 6.54 Å². The summed E-state index contributed by atoms with van der Waals surface area (Å²) in [5, 5.41) is 7.06. The largest absolute Gasteiger partial charge is 0.340 e. The van der Waals surface area contributed by atoms with E-state index in [0.29, 0.717) is 0 Å². The van der Waals surface area contributed by atoms with E-state index in [4.69, 9.17) is 0 Å². The topological polar surface area (TPSA) is 4.93 Å². The Morgan fingerprint density at radius 3 is 1.76 bits per heavy atom. The molecule has 0 unspecified atom stereocenters. The molecule has 29 heavy (non-hydrogen) atoms. The van der Waals surface area contributed by atoms with E-state index in [2.05, 4.69) is 82.9 Å². The van der Waals surface area contributed by atoms with Crippen molar-refractivity contribution >= 4 is 44.5 Å². The van der Waals surface area contributed by atoms with Crippen LogP contribution >= 0.6 is 22.7 Å². The summed E-state index contributed by atoms with van der Waals surface area (Å²) in [4.78, 5) is 2.68. The van der Waals surface area contributed by atoms with Crippen LogP contribution in [0.1, 0.15) is 32.6 Å². The number of hydrogen-bond acceptors (Lipinski definition) is 2. The van der Waals surface area contributed by atoms with Crippen molar-refractivity contribution < 1.29 is 0 Å². The maximum atomic E-state index is 2.56. The van der Waals surface area contributed by atoms with Gasteiger partial charge in [0.05, 0.1) is 0 Å². The Balaban J connectivity index is 1.67. The molecule has 146 valence electrons. The minimum absolute atomic E-state index is 1.09. The Hall–Kier alpha value is -2.36. The van der Waals surface area contributed by atoms with Crippen LogP contribution in [0.25, 0.3) is 42.7 Å². The molecule has 0 spiro atoms. The highest BCUT2D eigenvalue weighted by Gasteiger charge is 2.13. The molecule has 0 N–H and O–H groups in total. The molecule has 5 aromatic rings. The van der Waals surface area contributed by atoms with Gasteiger partial charge in [-0.05, 0) is 52.6 Å². The average Bonchev–Trinajstić information content (AvgIpc) is 3.51. The van der Waals surface area contributed by atoms with Crippen LogP contribution < -0.4 is 0 Å². The molecule has 0 saturated heterocycles. The lowest BCUT2D eigenvalue weighted by Gasteiger charge is -2.09. The molecule has 0 radical (unpaired) electrons. The van der Waals surface area contributed by atoms with E-state index in [1.807, 2.05) is 22.7 Å². The van der Waals surface area contributed by atoms with Gasteiger partial charge in [0, 0.05) is 38.1 Å². The van der Waals surface area contributed by atoms with Crippen LogP contribution in [0.2, 0.25) is 0 Å². The molecule has 3 heterocycles. The van der Waals surface area contributed by atoms with Crippen LogP contribution in [0, 0.1) is 0 Å². The van der Waals surface area contributed by atoms with Crippen molar-refractivity contribution in [3.63, 3.8) is 0 Å². The maximum Gasteiger partial charge on any atom is 0.0497 e. The highest BCUT2D eigenvalue weighted by Crippen LogP contribution is 2.36. The Morgan fingerprint density at radius 1 is 0.690 bits per heavy atom. The zero-order valence-electron chi connectivity index (χ0n) is 16.7. The van der Waals surface area contributed by atoms with Gasteiger partial charge < -0.3 is 4.57 Å². The number of thiophene rings is 2. The summed E-state index contributed by atoms with van der Waals surface area (Å²) in [5.74, 6) is 0. The molecule has 0 bridgehead atoms. The molecule has 2 aromatic carbocycles. The zero-order valence-corrected chi connectivity index (χ0v) is 18.4. The van der Waals surface area contributed by atoms with Gasteiger partial charge in [0.2, 0.25) is 0 Å². The Labute approximate surface area is 180 Å². The Morgan fingerprint density at radius 2 is 1.28 bits per heavy atom. The number of nitrogens with zero attached hydrogens (tertiary/aromatic N) is 1. The van der Waals surface area contributed by atoms with Crippen LogP contribution in [0.3, 0.4) is 0 Å². The number of unbranched alkanes of at least 4 members (excludes halogenated alkanes) is 3. The van der Waals surface area contributed by atoms with E-state index in [1.165, 1.54) is 68.4 Å². The van der Waals surface area contributed by atoms with Gasteiger partial charge in [0.15, 0.2) is 0 Å². The highest BCUT2D eigenvalue weighted by molar-refractivity contribution is 7.13. The van der Waals surface area contributed by atoms with Crippen molar-refractivity contribution in [1.82, 2.24) is 4.57 Å². The molecule has 3 heteroatoms. The van der Waals surface area contributed by atoms with Crippen molar-refractivity contribution in [2.45, 2.75) is 39.2 Å². The molecule has 3 aromatic heterocycles. The first-order chi connectivity index (χ1) is 14.3. The normalized spacial score (nSPS) is 11.6. The summed E-state index contributed by atoms with van der Waals surface area (Å²) in [6.07, 6.45) is 5.13. The summed E-state index contributed by atoms with van der Waals surface area (Å²) < 4.78 is 2.56. The van der Waals surface area contributed by atoms with Crippen molar-refractivity contribution in [3.8, 4) is 20.9 Å². The summed E-state index contributed by atoms with van der Waals surface area (Å²) in [7, 11) is 0. The second-order valence-electron chi connectivity index (χ2n) is 7.63. The van der Waals surface area contributed by atoms with Gasteiger partial charge in [-0.1, -0.05) is 62.6 Å². The van der Waals surface area contributed by atoms with Crippen molar-refractivity contribution in [2.75, 3.05) is 0 Å². The second-order valence-corrected chi connectivity index (χ2v) is 9.53. The predicted molar refractivity (Wildman–Crippen MR) is 130 cm³/mol. The number of fused-ring (bicyclic) bond motifs is 3. The van der Waals surface area contributed by atoms with Gasteiger partial charge in [-0.2, -0.15) is 0 Å². The van der Waals surface area contributed by atoms with Crippen molar-refractivity contribution in [3.05, 3.63) is 71.4 Å². The fourth-order valence-electron chi connectivity index (χ4n) is 4.22. The molecule has 0 atom stereocenters. The lowest BCUT2D eigenvalue weighted by atomic mass is 10.1. The van der Waals surface area contributed by atoms with E-state index in [9.17, 15) is 0 Å². The third-order valence-corrected chi connectivity index (χ3v) is 7.55. The lowest BCUT2D eigenvalue weighted by molar-refractivity contribution is 0.602.